The van der Waals surface area contributed by atoms with E-state index in [0.29, 0.717) is 11.0 Å². The molecule has 0 saturated carbocycles. The molecule has 2 rings (SSSR count). The number of phenolic OH excluding ortho intramolecular Hbond substituents is 1. The molecule has 0 radical (unpaired) electrons. The largest absolute Gasteiger partial charge is 0.508 e. The zero-order chi connectivity index (χ0) is 12.3. The maximum atomic E-state index is 9.99. The molecule has 0 heterocycles. The molecule has 0 aliphatic heterocycles. The third kappa shape index (κ3) is 2.58. The van der Waals surface area contributed by atoms with Crippen LogP contribution in [0.15, 0.2) is 30.4 Å². The Balaban J connectivity index is 2.56. The third-order valence-electron chi connectivity index (χ3n) is 3.23. The number of rotatable bonds is 2. The van der Waals surface area contributed by atoms with E-state index in [1.165, 1.54) is 11.1 Å². The maximum Gasteiger partial charge on any atom is 0.119 e. The zero-order valence-electron chi connectivity index (χ0n) is 10.3. The lowest BCUT2D eigenvalue weighted by atomic mass is 9.93. The van der Waals surface area contributed by atoms with Crippen molar-refractivity contribution in [2.24, 2.45) is 0 Å². The molecule has 1 aliphatic carbocycles. The van der Waals surface area contributed by atoms with Gasteiger partial charge in [0.05, 0.1) is 0 Å². The first-order chi connectivity index (χ1) is 8.24. The first-order valence-electron chi connectivity index (χ1n) is 5.94. The molecular formula is C15H18OS. The summed E-state index contributed by atoms with van der Waals surface area (Å²) in [6.07, 6.45) is 12.4. The van der Waals surface area contributed by atoms with E-state index in [9.17, 15) is 5.11 Å². The number of thioether (sulfide) groups is 1. The zero-order valence-corrected chi connectivity index (χ0v) is 11.1. The van der Waals surface area contributed by atoms with Gasteiger partial charge in [-0.05, 0) is 43.2 Å². The van der Waals surface area contributed by atoms with Crippen LogP contribution in [0.2, 0.25) is 0 Å². The molecule has 0 fully saturated rings. The Morgan fingerprint density at radius 1 is 1.29 bits per heavy atom. The van der Waals surface area contributed by atoms with E-state index in [0.717, 1.165) is 18.4 Å². The quantitative estimate of drug-likeness (QED) is 0.838. The highest BCUT2D eigenvalue weighted by Crippen LogP contribution is 2.35. The molecule has 0 spiro atoms. The van der Waals surface area contributed by atoms with Gasteiger partial charge in [0.15, 0.2) is 0 Å². The third-order valence-corrected chi connectivity index (χ3v) is 4.19. The first-order valence-corrected chi connectivity index (χ1v) is 7.23. The number of hydrogen-bond acceptors (Lipinski definition) is 2. The van der Waals surface area contributed by atoms with Gasteiger partial charge >= 0.3 is 0 Å². The first kappa shape index (κ1) is 12.3. The lowest BCUT2D eigenvalue weighted by molar-refractivity contribution is 0.467. The molecule has 0 saturated heterocycles. The van der Waals surface area contributed by atoms with Crippen molar-refractivity contribution in [3.05, 3.63) is 47.1 Å². The minimum Gasteiger partial charge on any atom is -0.508 e. The topological polar surface area (TPSA) is 20.2 Å². The summed E-state index contributed by atoms with van der Waals surface area (Å²) in [5, 5.41) is 10.4. The SMILES string of the molecule is CSC(C)c1ccc(O)c2c1/C=C\C=C/CC2. The van der Waals surface area contributed by atoms with Gasteiger partial charge < -0.3 is 5.11 Å². The maximum absolute atomic E-state index is 9.99. The second kappa shape index (κ2) is 5.46. The van der Waals surface area contributed by atoms with Crippen LogP contribution in [-0.2, 0) is 6.42 Å². The second-order valence-corrected chi connectivity index (χ2v) is 5.45. The lowest BCUT2D eigenvalue weighted by Crippen LogP contribution is -1.99. The van der Waals surface area contributed by atoms with Crippen LogP contribution in [0.1, 0.15) is 35.3 Å². The number of fused-ring (bicyclic) bond motifs is 1. The van der Waals surface area contributed by atoms with E-state index in [2.05, 4.69) is 37.5 Å². The van der Waals surface area contributed by atoms with Crippen LogP contribution in [0, 0.1) is 0 Å². The number of allylic oxidation sites excluding steroid dienone is 3. The van der Waals surface area contributed by atoms with E-state index < -0.39 is 0 Å². The van der Waals surface area contributed by atoms with Crippen LogP contribution in [0.4, 0.5) is 0 Å². The summed E-state index contributed by atoms with van der Waals surface area (Å²) in [5.41, 5.74) is 3.61. The molecule has 0 amide bonds. The van der Waals surface area contributed by atoms with Crippen molar-refractivity contribution in [3.63, 3.8) is 0 Å². The van der Waals surface area contributed by atoms with E-state index in [-0.39, 0.29) is 0 Å². The molecule has 17 heavy (non-hydrogen) atoms. The summed E-state index contributed by atoms with van der Waals surface area (Å²) in [4.78, 5) is 0. The standard InChI is InChI=1S/C15H18OS/c1-11(17-2)12-9-10-15(16)14-8-6-4-3-5-7-13(12)14/h3-5,7,9-11,16H,6,8H2,1-2H3/b4-3-,7-5-. The summed E-state index contributed by atoms with van der Waals surface area (Å²) >= 11 is 1.84. The van der Waals surface area contributed by atoms with Gasteiger partial charge in [-0.2, -0.15) is 11.8 Å². The molecular weight excluding hydrogens is 228 g/mol. The number of benzene rings is 1. The summed E-state index contributed by atoms with van der Waals surface area (Å²) in [6.45, 7) is 2.21. The van der Waals surface area contributed by atoms with Crippen molar-refractivity contribution in [1.29, 1.82) is 0 Å². The summed E-state index contributed by atoms with van der Waals surface area (Å²) < 4.78 is 0. The fraction of sp³-hybridized carbons (Fsp3) is 0.333. The van der Waals surface area contributed by atoms with E-state index in [1.807, 2.05) is 23.9 Å². The predicted octanol–water partition coefficient (Wildman–Crippen LogP) is 4.33. The molecule has 1 aromatic rings. The Kier molecular flexibility index (Phi) is 3.95. The Labute approximate surface area is 107 Å². The molecule has 1 atom stereocenters. The van der Waals surface area contributed by atoms with Crippen molar-refractivity contribution in [2.45, 2.75) is 25.0 Å². The molecule has 90 valence electrons. The Hall–Kier alpha value is -1.15. The van der Waals surface area contributed by atoms with E-state index >= 15 is 0 Å². The van der Waals surface area contributed by atoms with Crippen molar-refractivity contribution in [1.82, 2.24) is 0 Å². The van der Waals surface area contributed by atoms with Crippen molar-refractivity contribution in [3.8, 4) is 5.75 Å². The lowest BCUT2D eigenvalue weighted by Gasteiger charge is -2.18. The molecule has 1 nitrogen and oxygen atoms in total. The summed E-state index contributed by atoms with van der Waals surface area (Å²) in [5.74, 6) is 0.428. The van der Waals surface area contributed by atoms with Gasteiger partial charge in [0, 0.05) is 10.8 Å². The van der Waals surface area contributed by atoms with Crippen molar-refractivity contribution >= 4 is 17.8 Å². The predicted molar refractivity (Wildman–Crippen MR) is 76.5 cm³/mol. The molecule has 0 aromatic heterocycles. The smallest absolute Gasteiger partial charge is 0.119 e. The molecule has 1 aromatic carbocycles. The molecule has 1 aliphatic rings. The van der Waals surface area contributed by atoms with Crippen LogP contribution < -0.4 is 0 Å². The van der Waals surface area contributed by atoms with Gasteiger partial charge in [-0.15, -0.1) is 0 Å². The normalized spacial score (nSPS) is 19.9. The van der Waals surface area contributed by atoms with Crippen LogP contribution >= 0.6 is 11.8 Å². The molecule has 2 heteroatoms. The monoisotopic (exact) mass is 246 g/mol. The average molecular weight is 246 g/mol. The highest BCUT2D eigenvalue weighted by Gasteiger charge is 2.14. The Morgan fingerprint density at radius 2 is 2.12 bits per heavy atom. The number of hydrogen-bond donors (Lipinski definition) is 1. The Morgan fingerprint density at radius 3 is 2.88 bits per heavy atom. The van der Waals surface area contributed by atoms with E-state index in [4.69, 9.17) is 0 Å². The highest BCUT2D eigenvalue weighted by atomic mass is 32.2. The van der Waals surface area contributed by atoms with E-state index in [1.54, 1.807) is 0 Å². The molecule has 1 N–H and O–H groups in total. The fourth-order valence-corrected chi connectivity index (χ4v) is 2.63. The summed E-state index contributed by atoms with van der Waals surface area (Å²) in [7, 11) is 0. The van der Waals surface area contributed by atoms with Gasteiger partial charge in [0.2, 0.25) is 0 Å². The minimum absolute atomic E-state index is 0.428. The average Bonchev–Trinajstić information content (AvgIpc) is 2.30. The van der Waals surface area contributed by atoms with Crippen LogP contribution in [0.25, 0.3) is 6.08 Å². The van der Waals surface area contributed by atoms with Crippen molar-refractivity contribution < 1.29 is 5.11 Å². The Bertz CT molecular complexity index is 460. The van der Waals surface area contributed by atoms with Gasteiger partial charge in [-0.25, -0.2) is 0 Å². The minimum atomic E-state index is 0.428. The van der Waals surface area contributed by atoms with Crippen LogP contribution in [0.5, 0.6) is 5.75 Å². The fourth-order valence-electron chi connectivity index (χ4n) is 2.17. The molecule has 1 unspecified atom stereocenters. The van der Waals surface area contributed by atoms with Gasteiger partial charge in [-0.1, -0.05) is 30.4 Å². The second-order valence-electron chi connectivity index (χ2n) is 4.27. The van der Waals surface area contributed by atoms with Crippen molar-refractivity contribution in [2.75, 3.05) is 6.26 Å². The highest BCUT2D eigenvalue weighted by molar-refractivity contribution is 7.98. The number of phenols is 1. The van der Waals surface area contributed by atoms with Gasteiger partial charge in [0.1, 0.15) is 5.75 Å². The van der Waals surface area contributed by atoms with Gasteiger partial charge in [-0.3, -0.25) is 0 Å². The van der Waals surface area contributed by atoms with Gasteiger partial charge in [0.25, 0.3) is 0 Å². The summed E-state index contributed by atoms with van der Waals surface area (Å²) in [6, 6.07) is 3.88. The van der Waals surface area contributed by atoms with Crippen LogP contribution in [0.3, 0.4) is 0 Å². The van der Waals surface area contributed by atoms with Crippen LogP contribution in [-0.4, -0.2) is 11.4 Å². The molecule has 0 bridgehead atoms. The number of aromatic hydroxyl groups is 1.